The number of rotatable bonds is 4. The summed E-state index contributed by atoms with van der Waals surface area (Å²) in [6, 6.07) is 9.78. The maximum atomic E-state index is 12.9. The Morgan fingerprint density at radius 3 is 2.68 bits per heavy atom. The van der Waals surface area contributed by atoms with Gasteiger partial charge in [-0.05, 0) is 43.2 Å². The van der Waals surface area contributed by atoms with Gasteiger partial charge < -0.3 is 4.90 Å². The van der Waals surface area contributed by atoms with Gasteiger partial charge in [0, 0.05) is 36.8 Å². The van der Waals surface area contributed by atoms with Gasteiger partial charge in [-0.2, -0.15) is 13.2 Å². The lowest BCUT2D eigenvalue weighted by Crippen LogP contribution is -2.41. The Labute approximate surface area is 160 Å². The molecule has 1 aromatic carbocycles. The van der Waals surface area contributed by atoms with Crippen LogP contribution in [-0.2, 0) is 11.0 Å². The molecule has 4 nitrogen and oxygen atoms in total. The molecule has 7 heteroatoms. The molecular weight excluding hydrogens is 369 g/mol. The molecule has 2 aromatic rings. The molecule has 3 rings (SSSR count). The highest BCUT2D eigenvalue weighted by molar-refractivity contribution is 5.99. The molecule has 1 saturated heterocycles. The van der Waals surface area contributed by atoms with Gasteiger partial charge in [0.1, 0.15) is 0 Å². The zero-order valence-corrected chi connectivity index (χ0v) is 15.0. The third kappa shape index (κ3) is 4.85. The summed E-state index contributed by atoms with van der Waals surface area (Å²) in [5.41, 5.74) is -0.178. The highest BCUT2D eigenvalue weighted by Crippen LogP contribution is 2.30. The average Bonchev–Trinajstić information content (AvgIpc) is 2.72. The smallest absolute Gasteiger partial charge is 0.338 e. The van der Waals surface area contributed by atoms with Gasteiger partial charge in [-0.25, -0.2) is 0 Å². The van der Waals surface area contributed by atoms with Crippen molar-refractivity contribution in [3.05, 3.63) is 71.6 Å². The van der Waals surface area contributed by atoms with Crippen molar-refractivity contribution >= 4 is 17.8 Å². The molecule has 146 valence electrons. The van der Waals surface area contributed by atoms with Gasteiger partial charge >= 0.3 is 6.18 Å². The molecule has 0 bridgehead atoms. The van der Waals surface area contributed by atoms with Crippen LogP contribution in [0.25, 0.3) is 6.08 Å². The van der Waals surface area contributed by atoms with Crippen LogP contribution in [0.1, 0.15) is 34.5 Å². The number of likely N-dealkylation sites (tertiary alicyclic amines) is 1. The quantitative estimate of drug-likeness (QED) is 0.582. The van der Waals surface area contributed by atoms with Crippen LogP contribution in [0.5, 0.6) is 0 Å². The summed E-state index contributed by atoms with van der Waals surface area (Å²) in [6.45, 7) is 0.707. The number of pyridine rings is 1. The van der Waals surface area contributed by atoms with E-state index in [0.29, 0.717) is 25.1 Å². The monoisotopic (exact) mass is 388 g/mol. The number of ketones is 1. The molecule has 28 heavy (non-hydrogen) atoms. The van der Waals surface area contributed by atoms with Crippen LogP contribution in [0.4, 0.5) is 13.2 Å². The molecule has 0 aliphatic carbocycles. The molecule has 1 aliphatic heterocycles. The molecular formula is C21H19F3N2O2. The van der Waals surface area contributed by atoms with Gasteiger partial charge in [0.25, 0.3) is 0 Å². The van der Waals surface area contributed by atoms with E-state index in [1.165, 1.54) is 18.2 Å². The van der Waals surface area contributed by atoms with Crippen molar-refractivity contribution in [2.75, 3.05) is 13.1 Å². The van der Waals surface area contributed by atoms with Crippen LogP contribution in [0, 0.1) is 5.92 Å². The molecule has 0 saturated carbocycles. The Balaban J connectivity index is 1.68. The van der Waals surface area contributed by atoms with Gasteiger partial charge in [-0.3, -0.25) is 14.6 Å². The average molecular weight is 388 g/mol. The predicted octanol–water partition coefficient (Wildman–Crippen LogP) is 4.24. The summed E-state index contributed by atoms with van der Waals surface area (Å²) in [5, 5.41) is 0. The SMILES string of the molecule is O=C(c1cccc(C(F)(F)F)c1)[C@H]1CCCN(C(=O)/C=C/c2ccccn2)C1. The standard InChI is InChI=1S/C21H19F3N2O2/c22-21(23,24)17-7-3-5-15(13-17)20(28)16-6-4-12-26(14-16)19(27)10-9-18-8-1-2-11-25-18/h1-3,5,7-11,13,16H,4,6,12,14H2/b10-9+/t16-/m0/s1. The number of nitrogens with zero attached hydrogens (tertiary/aromatic N) is 2. The first-order chi connectivity index (χ1) is 13.3. The van der Waals surface area contributed by atoms with Crippen LogP contribution < -0.4 is 0 Å². The number of hydrogen-bond acceptors (Lipinski definition) is 3. The van der Waals surface area contributed by atoms with E-state index in [-0.39, 0.29) is 23.8 Å². The molecule has 2 heterocycles. The van der Waals surface area contributed by atoms with Crippen LogP contribution in [0.15, 0.2) is 54.7 Å². The highest BCUT2D eigenvalue weighted by atomic mass is 19.4. The Hall–Kier alpha value is -2.96. The summed E-state index contributed by atoms with van der Waals surface area (Å²) in [4.78, 5) is 30.8. The van der Waals surface area contributed by atoms with Crippen molar-refractivity contribution in [3.63, 3.8) is 0 Å². The fourth-order valence-electron chi connectivity index (χ4n) is 3.21. The van der Waals surface area contributed by atoms with Crippen molar-refractivity contribution in [2.45, 2.75) is 19.0 Å². The number of alkyl halides is 3. The number of amides is 1. The van der Waals surface area contributed by atoms with E-state index in [0.717, 1.165) is 12.1 Å². The fourth-order valence-corrected chi connectivity index (χ4v) is 3.21. The van der Waals surface area contributed by atoms with E-state index >= 15 is 0 Å². The first-order valence-corrected chi connectivity index (χ1v) is 8.94. The van der Waals surface area contributed by atoms with Gasteiger partial charge in [0.15, 0.2) is 5.78 Å². The number of Topliss-reactive ketones (excluding diaryl/α,β-unsaturated/α-hetero) is 1. The van der Waals surface area contributed by atoms with Gasteiger partial charge in [0.2, 0.25) is 5.91 Å². The van der Waals surface area contributed by atoms with E-state index in [4.69, 9.17) is 0 Å². The second kappa shape index (κ2) is 8.37. The van der Waals surface area contributed by atoms with E-state index in [2.05, 4.69) is 4.98 Å². The van der Waals surface area contributed by atoms with E-state index in [1.54, 1.807) is 29.3 Å². The van der Waals surface area contributed by atoms with Crippen LogP contribution in [-0.4, -0.2) is 34.7 Å². The maximum Gasteiger partial charge on any atom is 0.416 e. The van der Waals surface area contributed by atoms with E-state index in [9.17, 15) is 22.8 Å². The summed E-state index contributed by atoms with van der Waals surface area (Å²) in [5.74, 6) is -1.12. The molecule has 0 radical (unpaired) electrons. The third-order valence-electron chi connectivity index (χ3n) is 4.66. The Kier molecular flexibility index (Phi) is 5.92. The summed E-state index contributed by atoms with van der Waals surface area (Å²) >= 11 is 0. The predicted molar refractivity (Wildman–Crippen MR) is 98.3 cm³/mol. The highest BCUT2D eigenvalue weighted by Gasteiger charge is 2.33. The summed E-state index contributed by atoms with van der Waals surface area (Å²) in [7, 11) is 0. The molecule has 1 aromatic heterocycles. The van der Waals surface area contributed by atoms with Crippen molar-refractivity contribution in [3.8, 4) is 0 Å². The first kappa shape index (κ1) is 19.8. The fraction of sp³-hybridized carbons (Fsp3) is 0.286. The number of carbonyl (C=O) groups is 2. The van der Waals surface area contributed by atoms with Gasteiger partial charge in [-0.1, -0.05) is 18.2 Å². The second-order valence-corrected chi connectivity index (χ2v) is 6.65. The Bertz CT molecular complexity index is 879. The minimum absolute atomic E-state index is 0.0261. The number of halogens is 3. The largest absolute Gasteiger partial charge is 0.416 e. The molecule has 1 aliphatic rings. The van der Waals surface area contributed by atoms with Crippen LogP contribution >= 0.6 is 0 Å². The zero-order valence-electron chi connectivity index (χ0n) is 15.0. The van der Waals surface area contributed by atoms with Gasteiger partial charge in [0.05, 0.1) is 11.3 Å². The molecule has 0 N–H and O–H groups in total. The molecule has 1 atom stereocenters. The number of hydrogen-bond donors (Lipinski definition) is 0. The molecule has 0 unspecified atom stereocenters. The third-order valence-corrected chi connectivity index (χ3v) is 4.66. The number of carbonyl (C=O) groups excluding carboxylic acids is 2. The number of piperidine rings is 1. The van der Waals surface area contributed by atoms with Crippen molar-refractivity contribution in [1.82, 2.24) is 9.88 Å². The van der Waals surface area contributed by atoms with Crippen LogP contribution in [0.3, 0.4) is 0 Å². The van der Waals surface area contributed by atoms with E-state index < -0.39 is 17.7 Å². The topological polar surface area (TPSA) is 50.3 Å². The van der Waals surface area contributed by atoms with E-state index in [1.807, 2.05) is 6.07 Å². The Morgan fingerprint density at radius 1 is 1.14 bits per heavy atom. The minimum atomic E-state index is -4.50. The molecule has 0 spiro atoms. The lowest BCUT2D eigenvalue weighted by molar-refractivity contribution is -0.137. The second-order valence-electron chi connectivity index (χ2n) is 6.65. The zero-order chi connectivity index (χ0) is 20.1. The van der Waals surface area contributed by atoms with Crippen molar-refractivity contribution in [1.29, 1.82) is 0 Å². The lowest BCUT2D eigenvalue weighted by atomic mass is 9.89. The number of aromatic nitrogens is 1. The van der Waals surface area contributed by atoms with Crippen molar-refractivity contribution < 1.29 is 22.8 Å². The first-order valence-electron chi connectivity index (χ1n) is 8.94. The lowest BCUT2D eigenvalue weighted by Gasteiger charge is -2.31. The minimum Gasteiger partial charge on any atom is -0.338 e. The van der Waals surface area contributed by atoms with Crippen molar-refractivity contribution in [2.24, 2.45) is 5.92 Å². The summed E-state index contributed by atoms with van der Waals surface area (Å²) < 4.78 is 38.7. The normalized spacial score (nSPS) is 17.7. The number of benzene rings is 1. The van der Waals surface area contributed by atoms with Gasteiger partial charge in [-0.15, -0.1) is 0 Å². The summed E-state index contributed by atoms with van der Waals surface area (Å²) in [6.07, 6.45) is 1.29. The van der Waals surface area contributed by atoms with Crippen LogP contribution in [0.2, 0.25) is 0 Å². The Morgan fingerprint density at radius 2 is 1.96 bits per heavy atom. The molecule has 1 fully saturated rings. The maximum absolute atomic E-state index is 12.9. The molecule has 1 amide bonds.